The third kappa shape index (κ3) is 2.84. The van der Waals surface area contributed by atoms with Crippen molar-refractivity contribution in [1.82, 2.24) is 4.98 Å². The molecule has 1 aliphatic rings. The number of ether oxygens (including phenoxy) is 1. The monoisotopic (exact) mass is 353 g/mol. The molecule has 1 heterocycles. The summed E-state index contributed by atoms with van der Waals surface area (Å²) in [7, 11) is 0. The van der Waals surface area contributed by atoms with Crippen LogP contribution in [0.25, 0.3) is 11.1 Å². The summed E-state index contributed by atoms with van der Waals surface area (Å²) in [6.07, 6.45) is 1.10. The molecular formula is C18H15N3O5. The molecule has 0 atom stereocenters. The number of hydrogen-bond acceptors (Lipinski definition) is 6. The Kier molecular flexibility index (Phi) is 4.30. The molecule has 0 unspecified atom stereocenters. The molecule has 0 radical (unpaired) electrons. The van der Waals surface area contributed by atoms with Gasteiger partial charge in [0.1, 0.15) is 17.0 Å². The number of carbonyl (C=O) groups excluding carboxylic acids is 1. The summed E-state index contributed by atoms with van der Waals surface area (Å²) in [5.41, 5.74) is -0.485. The lowest BCUT2D eigenvalue weighted by Gasteiger charge is -2.15. The standard InChI is InChI=1S/C18H15N3O5/c1-2-26-17(23)18(7-8-18)15-9-13(14(10-19)16(22)20-15)11-3-5-12(6-4-11)21(24)25/h3-6,9H,2,7-8H2,1H3,(H,20,22). The van der Waals surface area contributed by atoms with Crippen LogP contribution in [0, 0.1) is 21.4 Å². The molecule has 1 N–H and O–H groups in total. The number of H-pyrrole nitrogens is 1. The lowest BCUT2D eigenvalue weighted by molar-refractivity contribution is -0.384. The topological polar surface area (TPSA) is 126 Å². The van der Waals surface area contributed by atoms with E-state index < -0.39 is 21.9 Å². The van der Waals surface area contributed by atoms with Crippen molar-refractivity contribution in [3.63, 3.8) is 0 Å². The van der Waals surface area contributed by atoms with Gasteiger partial charge >= 0.3 is 5.97 Å². The normalized spacial score (nSPS) is 14.3. The number of non-ortho nitro benzene ring substituents is 1. The van der Waals surface area contributed by atoms with Crippen LogP contribution >= 0.6 is 0 Å². The van der Waals surface area contributed by atoms with E-state index >= 15 is 0 Å². The van der Waals surface area contributed by atoms with E-state index in [0.29, 0.717) is 29.7 Å². The van der Waals surface area contributed by atoms with Gasteiger partial charge in [0, 0.05) is 23.4 Å². The second kappa shape index (κ2) is 6.44. The number of nitrogens with one attached hydrogen (secondary N) is 1. The van der Waals surface area contributed by atoms with Crippen molar-refractivity contribution in [2.75, 3.05) is 6.61 Å². The summed E-state index contributed by atoms with van der Waals surface area (Å²) in [5.74, 6) is -0.407. The van der Waals surface area contributed by atoms with Crippen LogP contribution in [0.2, 0.25) is 0 Å². The minimum absolute atomic E-state index is 0.0949. The molecule has 1 fully saturated rings. The fourth-order valence-corrected chi connectivity index (χ4v) is 2.90. The molecule has 0 spiro atoms. The maximum Gasteiger partial charge on any atom is 0.318 e. The summed E-state index contributed by atoms with van der Waals surface area (Å²) in [6, 6.07) is 9.00. The Morgan fingerprint density at radius 3 is 2.54 bits per heavy atom. The van der Waals surface area contributed by atoms with Crippen LogP contribution in [0.5, 0.6) is 0 Å². The van der Waals surface area contributed by atoms with Crippen LogP contribution in [0.1, 0.15) is 31.0 Å². The number of nitrogens with zero attached hydrogens (tertiary/aromatic N) is 2. The van der Waals surface area contributed by atoms with E-state index in [1.54, 1.807) is 13.0 Å². The third-order valence-corrected chi connectivity index (χ3v) is 4.47. The molecule has 0 aliphatic heterocycles. The van der Waals surface area contributed by atoms with Crippen molar-refractivity contribution in [1.29, 1.82) is 5.26 Å². The lowest BCUT2D eigenvalue weighted by atomic mass is 9.95. The van der Waals surface area contributed by atoms with E-state index in [4.69, 9.17) is 4.74 Å². The van der Waals surface area contributed by atoms with E-state index in [1.165, 1.54) is 24.3 Å². The van der Waals surface area contributed by atoms with Gasteiger partial charge in [-0.05, 0) is 43.5 Å². The number of nitriles is 1. The van der Waals surface area contributed by atoms with Crippen LogP contribution in [0.4, 0.5) is 5.69 Å². The average Bonchev–Trinajstić information content (AvgIpc) is 3.43. The van der Waals surface area contributed by atoms with Crippen LogP contribution in [0.15, 0.2) is 35.1 Å². The molecule has 0 saturated heterocycles. The predicted molar refractivity (Wildman–Crippen MR) is 91.4 cm³/mol. The first-order valence-corrected chi connectivity index (χ1v) is 8.03. The number of benzene rings is 1. The number of nitro benzene ring substituents is 1. The largest absolute Gasteiger partial charge is 0.465 e. The molecule has 1 aromatic heterocycles. The van der Waals surface area contributed by atoms with E-state index in [-0.39, 0.29) is 17.9 Å². The Bertz CT molecular complexity index is 981. The van der Waals surface area contributed by atoms with Crippen molar-refractivity contribution in [2.45, 2.75) is 25.2 Å². The number of pyridine rings is 1. The highest BCUT2D eigenvalue weighted by Crippen LogP contribution is 2.49. The highest BCUT2D eigenvalue weighted by atomic mass is 16.6. The quantitative estimate of drug-likeness (QED) is 0.500. The molecule has 8 nitrogen and oxygen atoms in total. The van der Waals surface area contributed by atoms with Crippen molar-refractivity contribution in [3.05, 3.63) is 62.1 Å². The molecule has 1 saturated carbocycles. The Hall–Kier alpha value is -3.47. The zero-order chi connectivity index (χ0) is 18.9. The SMILES string of the molecule is CCOC(=O)C1(c2cc(-c3ccc([N+](=O)[O-])cc3)c(C#N)c(=O)[nH]2)CC1. The maximum atomic E-state index is 12.4. The fraction of sp³-hybridized carbons (Fsp3) is 0.278. The molecule has 3 rings (SSSR count). The number of aromatic nitrogens is 1. The van der Waals surface area contributed by atoms with Gasteiger partial charge in [0.15, 0.2) is 0 Å². The zero-order valence-corrected chi connectivity index (χ0v) is 13.9. The first kappa shape index (κ1) is 17.4. The molecule has 2 aromatic rings. The van der Waals surface area contributed by atoms with Crippen LogP contribution in [0.3, 0.4) is 0 Å². The number of carbonyl (C=O) groups is 1. The summed E-state index contributed by atoms with van der Waals surface area (Å²) < 4.78 is 5.11. The molecule has 1 aromatic carbocycles. The van der Waals surface area contributed by atoms with Crippen LogP contribution in [-0.2, 0) is 14.9 Å². The summed E-state index contributed by atoms with van der Waals surface area (Å²) in [4.78, 5) is 37.5. The van der Waals surface area contributed by atoms with Gasteiger partial charge in [-0.3, -0.25) is 19.7 Å². The van der Waals surface area contributed by atoms with Gasteiger partial charge in [-0.25, -0.2) is 0 Å². The smallest absolute Gasteiger partial charge is 0.318 e. The van der Waals surface area contributed by atoms with E-state index in [9.17, 15) is 25.0 Å². The second-order valence-electron chi connectivity index (χ2n) is 6.02. The van der Waals surface area contributed by atoms with Crippen molar-refractivity contribution in [2.24, 2.45) is 0 Å². The summed E-state index contributed by atoms with van der Waals surface area (Å²) >= 11 is 0. The minimum atomic E-state index is -0.890. The van der Waals surface area contributed by atoms with Gasteiger partial charge in [-0.2, -0.15) is 5.26 Å². The molecular weight excluding hydrogens is 338 g/mol. The van der Waals surface area contributed by atoms with Gasteiger partial charge in [0.2, 0.25) is 0 Å². The van der Waals surface area contributed by atoms with Gasteiger partial charge < -0.3 is 9.72 Å². The van der Waals surface area contributed by atoms with E-state index in [1.807, 2.05) is 6.07 Å². The summed E-state index contributed by atoms with van der Waals surface area (Å²) in [5, 5.41) is 20.1. The van der Waals surface area contributed by atoms with Crippen LogP contribution < -0.4 is 5.56 Å². The fourth-order valence-electron chi connectivity index (χ4n) is 2.90. The molecule has 8 heteroatoms. The lowest BCUT2D eigenvalue weighted by Crippen LogP contribution is -2.27. The molecule has 1 aliphatic carbocycles. The molecule has 132 valence electrons. The number of rotatable bonds is 5. The molecule has 0 bridgehead atoms. The number of hydrogen-bond donors (Lipinski definition) is 1. The van der Waals surface area contributed by atoms with Crippen molar-refractivity contribution < 1.29 is 14.5 Å². The molecule has 26 heavy (non-hydrogen) atoms. The highest BCUT2D eigenvalue weighted by Gasteiger charge is 2.54. The average molecular weight is 353 g/mol. The first-order chi connectivity index (χ1) is 12.4. The Balaban J connectivity index is 2.12. The second-order valence-corrected chi connectivity index (χ2v) is 6.02. The number of aromatic amines is 1. The van der Waals surface area contributed by atoms with E-state index in [0.717, 1.165) is 0 Å². The van der Waals surface area contributed by atoms with E-state index in [2.05, 4.69) is 4.98 Å². The number of esters is 1. The molecule has 0 amide bonds. The van der Waals surface area contributed by atoms with Crippen molar-refractivity contribution >= 4 is 11.7 Å². The Morgan fingerprint density at radius 2 is 2.04 bits per heavy atom. The minimum Gasteiger partial charge on any atom is -0.465 e. The van der Waals surface area contributed by atoms with Gasteiger partial charge in [-0.1, -0.05) is 0 Å². The third-order valence-electron chi connectivity index (χ3n) is 4.47. The zero-order valence-electron chi connectivity index (χ0n) is 13.9. The first-order valence-electron chi connectivity index (χ1n) is 8.03. The van der Waals surface area contributed by atoms with Crippen molar-refractivity contribution in [3.8, 4) is 17.2 Å². The summed E-state index contributed by atoms with van der Waals surface area (Å²) in [6.45, 7) is 1.94. The Morgan fingerprint density at radius 1 is 1.38 bits per heavy atom. The van der Waals surface area contributed by atoms with Gasteiger partial charge in [0.25, 0.3) is 11.2 Å². The maximum absolute atomic E-state index is 12.4. The van der Waals surface area contributed by atoms with Crippen LogP contribution in [-0.4, -0.2) is 22.5 Å². The number of nitro groups is 1. The highest BCUT2D eigenvalue weighted by molar-refractivity contribution is 5.87. The van der Waals surface area contributed by atoms with Gasteiger partial charge in [0.05, 0.1) is 11.5 Å². The Labute approximate surface area is 148 Å². The predicted octanol–water partition coefficient (Wildman–Crippen LogP) is 2.42. The van der Waals surface area contributed by atoms with Gasteiger partial charge in [-0.15, -0.1) is 0 Å².